The van der Waals surface area contributed by atoms with Crippen molar-refractivity contribution in [2.75, 3.05) is 0 Å². The molecule has 0 bridgehead atoms. The summed E-state index contributed by atoms with van der Waals surface area (Å²) in [5.74, 6) is 0. The molecule has 2 nitrogen and oxygen atoms in total. The second kappa shape index (κ2) is 14.5. The van der Waals surface area contributed by atoms with Gasteiger partial charge in [0.2, 0.25) is 6.33 Å². The van der Waals surface area contributed by atoms with Crippen molar-refractivity contribution < 1.29 is 4.57 Å². The maximum Gasteiger partial charge on any atom is 0.243 e. The SMILES string of the molecule is CCCCCCC/C=C\CCCCCCCCn1cc[n+](C)c1. The summed E-state index contributed by atoms with van der Waals surface area (Å²) in [4.78, 5) is 0. The Hall–Kier alpha value is -1.05. The van der Waals surface area contributed by atoms with E-state index in [-0.39, 0.29) is 0 Å². The van der Waals surface area contributed by atoms with Crippen LogP contribution < -0.4 is 4.57 Å². The lowest BCUT2D eigenvalue weighted by molar-refractivity contribution is -0.671. The normalized spacial score (nSPS) is 11.6. The monoisotopic (exact) mass is 319 g/mol. The van der Waals surface area contributed by atoms with E-state index in [1.54, 1.807) is 0 Å². The minimum atomic E-state index is 1.17. The van der Waals surface area contributed by atoms with E-state index in [1.165, 1.54) is 90.0 Å². The van der Waals surface area contributed by atoms with Crippen LogP contribution in [0.4, 0.5) is 0 Å². The van der Waals surface area contributed by atoms with Gasteiger partial charge in [-0.2, -0.15) is 0 Å². The Labute approximate surface area is 144 Å². The third-order valence-electron chi connectivity index (χ3n) is 4.50. The van der Waals surface area contributed by atoms with Crippen molar-refractivity contribution in [2.24, 2.45) is 7.05 Å². The highest BCUT2D eigenvalue weighted by molar-refractivity contribution is 4.81. The summed E-state index contributed by atoms with van der Waals surface area (Å²) in [6.45, 7) is 3.45. The van der Waals surface area contributed by atoms with Gasteiger partial charge in [-0.15, -0.1) is 0 Å². The van der Waals surface area contributed by atoms with Gasteiger partial charge < -0.3 is 0 Å². The molecule has 0 aliphatic carbocycles. The molecule has 0 saturated heterocycles. The van der Waals surface area contributed by atoms with E-state index in [9.17, 15) is 0 Å². The molecule has 0 spiro atoms. The Balaban J connectivity index is 1.77. The molecular weight excluding hydrogens is 280 g/mol. The predicted molar refractivity (Wildman–Crippen MR) is 100 cm³/mol. The van der Waals surface area contributed by atoms with Crippen LogP contribution in [-0.2, 0) is 13.6 Å². The van der Waals surface area contributed by atoms with Gasteiger partial charge in [-0.25, -0.2) is 9.13 Å². The van der Waals surface area contributed by atoms with E-state index in [2.05, 4.69) is 54.0 Å². The minimum absolute atomic E-state index is 1.17. The quantitative estimate of drug-likeness (QED) is 0.214. The zero-order chi connectivity index (χ0) is 16.6. The fourth-order valence-electron chi connectivity index (χ4n) is 3.00. The lowest BCUT2D eigenvalue weighted by Gasteiger charge is -2.00. The number of aromatic nitrogens is 2. The van der Waals surface area contributed by atoms with Gasteiger partial charge in [-0.05, 0) is 38.5 Å². The van der Waals surface area contributed by atoms with E-state index in [4.69, 9.17) is 0 Å². The molecule has 0 saturated carbocycles. The molecule has 0 N–H and O–H groups in total. The summed E-state index contributed by atoms with van der Waals surface area (Å²) in [7, 11) is 2.08. The second-order valence-corrected chi connectivity index (χ2v) is 6.90. The number of nitrogens with zero attached hydrogens (tertiary/aromatic N) is 2. The number of hydrogen-bond donors (Lipinski definition) is 0. The topological polar surface area (TPSA) is 8.81 Å². The zero-order valence-electron chi connectivity index (χ0n) is 15.7. The molecule has 0 radical (unpaired) electrons. The van der Waals surface area contributed by atoms with Crippen molar-refractivity contribution >= 4 is 0 Å². The minimum Gasteiger partial charge on any atom is -0.240 e. The molecular formula is C21H39N2+. The van der Waals surface area contributed by atoms with E-state index >= 15 is 0 Å². The first-order chi connectivity index (χ1) is 11.3. The summed E-state index contributed by atoms with van der Waals surface area (Å²) in [5, 5.41) is 0. The van der Waals surface area contributed by atoms with Gasteiger partial charge in [-0.3, -0.25) is 0 Å². The summed E-state index contributed by atoms with van der Waals surface area (Å²) in [6, 6.07) is 0. The fourth-order valence-corrected chi connectivity index (χ4v) is 3.00. The Morgan fingerprint density at radius 1 is 0.783 bits per heavy atom. The fraction of sp³-hybridized carbons (Fsp3) is 0.762. The molecule has 1 heterocycles. The van der Waals surface area contributed by atoms with Gasteiger partial charge in [0.25, 0.3) is 0 Å². The van der Waals surface area contributed by atoms with Crippen molar-refractivity contribution in [3.8, 4) is 0 Å². The standard InChI is InChI=1S/C21H39N2/c1-3-4-5-6-7-8-9-10-11-12-13-14-15-16-17-18-23-20-19-22(2)21-23/h9-10,19-21H,3-8,11-18H2,1-2H3/q+1/b10-9-. The molecule has 1 rings (SSSR count). The second-order valence-electron chi connectivity index (χ2n) is 6.90. The molecule has 23 heavy (non-hydrogen) atoms. The van der Waals surface area contributed by atoms with E-state index in [1.807, 2.05) is 0 Å². The molecule has 0 fully saturated rings. The highest BCUT2D eigenvalue weighted by atomic mass is 15.1. The zero-order valence-corrected chi connectivity index (χ0v) is 15.7. The Morgan fingerprint density at radius 3 is 1.91 bits per heavy atom. The predicted octanol–water partition coefficient (Wildman–Crippen LogP) is 5.96. The number of allylic oxidation sites excluding steroid dienone is 2. The number of imidazole rings is 1. The maximum absolute atomic E-state index is 2.41. The summed E-state index contributed by atoms with van der Waals surface area (Å²) >= 11 is 0. The van der Waals surface area contributed by atoms with Crippen LogP contribution in [0.2, 0.25) is 0 Å². The van der Waals surface area contributed by atoms with Crippen LogP contribution >= 0.6 is 0 Å². The Bertz CT molecular complexity index is 392. The number of hydrogen-bond acceptors (Lipinski definition) is 0. The lowest BCUT2D eigenvalue weighted by atomic mass is 10.1. The van der Waals surface area contributed by atoms with Crippen LogP contribution in [-0.4, -0.2) is 4.57 Å². The Morgan fingerprint density at radius 2 is 1.35 bits per heavy atom. The first-order valence-corrected chi connectivity index (χ1v) is 9.99. The van der Waals surface area contributed by atoms with Crippen LogP contribution in [0.5, 0.6) is 0 Å². The van der Waals surface area contributed by atoms with Gasteiger partial charge in [0.05, 0.1) is 13.6 Å². The van der Waals surface area contributed by atoms with E-state index in [0.29, 0.717) is 0 Å². The van der Waals surface area contributed by atoms with Gasteiger partial charge in [0.15, 0.2) is 0 Å². The van der Waals surface area contributed by atoms with Gasteiger partial charge in [0.1, 0.15) is 12.4 Å². The molecule has 0 atom stereocenters. The number of unbranched alkanes of at least 4 members (excludes halogenated alkanes) is 11. The van der Waals surface area contributed by atoms with Crippen LogP contribution in [0.1, 0.15) is 90.4 Å². The van der Waals surface area contributed by atoms with E-state index < -0.39 is 0 Å². The van der Waals surface area contributed by atoms with Crippen LogP contribution in [0.3, 0.4) is 0 Å². The molecule has 2 heteroatoms. The molecule has 0 aromatic carbocycles. The van der Waals surface area contributed by atoms with Crippen LogP contribution in [0.25, 0.3) is 0 Å². The van der Waals surface area contributed by atoms with Gasteiger partial charge >= 0.3 is 0 Å². The third-order valence-corrected chi connectivity index (χ3v) is 4.50. The molecule has 1 aromatic rings. The van der Waals surface area contributed by atoms with E-state index in [0.717, 1.165) is 0 Å². The molecule has 1 aromatic heterocycles. The summed E-state index contributed by atoms with van der Waals surface area (Å²) < 4.78 is 4.39. The van der Waals surface area contributed by atoms with Crippen LogP contribution in [0.15, 0.2) is 30.9 Å². The number of aryl methyl sites for hydroxylation is 2. The molecule has 0 aliphatic heterocycles. The first-order valence-electron chi connectivity index (χ1n) is 9.99. The highest BCUT2D eigenvalue weighted by Crippen LogP contribution is 2.09. The van der Waals surface area contributed by atoms with Crippen molar-refractivity contribution in [3.63, 3.8) is 0 Å². The average molecular weight is 320 g/mol. The highest BCUT2D eigenvalue weighted by Gasteiger charge is 1.99. The third kappa shape index (κ3) is 12.1. The molecule has 132 valence electrons. The summed E-state index contributed by atoms with van der Waals surface area (Å²) in [5.41, 5.74) is 0. The number of rotatable bonds is 15. The smallest absolute Gasteiger partial charge is 0.240 e. The van der Waals surface area contributed by atoms with Crippen molar-refractivity contribution in [1.82, 2.24) is 4.57 Å². The summed E-state index contributed by atoms with van der Waals surface area (Å²) in [6.07, 6.45) is 29.1. The first kappa shape index (κ1) is 20.0. The average Bonchev–Trinajstić information content (AvgIpc) is 2.96. The maximum atomic E-state index is 2.41. The molecule has 0 aliphatic rings. The van der Waals surface area contributed by atoms with Crippen molar-refractivity contribution in [1.29, 1.82) is 0 Å². The van der Waals surface area contributed by atoms with Crippen molar-refractivity contribution in [2.45, 2.75) is 96.9 Å². The Kier molecular flexibility index (Phi) is 12.6. The van der Waals surface area contributed by atoms with Gasteiger partial charge in [0, 0.05) is 0 Å². The molecule has 0 amide bonds. The van der Waals surface area contributed by atoms with Crippen LogP contribution in [0, 0.1) is 0 Å². The largest absolute Gasteiger partial charge is 0.243 e. The van der Waals surface area contributed by atoms with Crippen molar-refractivity contribution in [3.05, 3.63) is 30.9 Å². The van der Waals surface area contributed by atoms with Gasteiger partial charge in [-0.1, -0.05) is 64.0 Å². The lowest BCUT2D eigenvalue weighted by Crippen LogP contribution is -2.23. The molecule has 0 unspecified atom stereocenters.